The molecule has 0 radical (unpaired) electrons. The van der Waals surface area contributed by atoms with Crippen LogP contribution in [0.2, 0.25) is 0 Å². The highest BCUT2D eigenvalue weighted by Crippen LogP contribution is 2.43. The zero-order valence-corrected chi connectivity index (χ0v) is 27.7. The van der Waals surface area contributed by atoms with E-state index in [1.54, 1.807) is 18.3 Å². The minimum Gasteiger partial charge on any atom is -0.478 e. The minimum absolute atomic E-state index is 0.0540. The van der Waals surface area contributed by atoms with Crippen LogP contribution in [-0.2, 0) is 37.0 Å². The number of carbonyl (C=O) groups is 3. The van der Waals surface area contributed by atoms with E-state index >= 15 is 0 Å². The molecule has 1 amide bonds. The van der Waals surface area contributed by atoms with Crippen LogP contribution in [0.4, 0.5) is 0 Å². The fourth-order valence-corrected chi connectivity index (χ4v) is 6.62. The van der Waals surface area contributed by atoms with Gasteiger partial charge in [-0.05, 0) is 52.9 Å². The molecule has 0 saturated carbocycles. The van der Waals surface area contributed by atoms with E-state index in [1.165, 1.54) is 25.6 Å². The maximum Gasteiger partial charge on any atom is 0.338 e. The first-order valence-electron chi connectivity index (χ1n) is 15.6. The third-order valence-corrected chi connectivity index (χ3v) is 9.23. The number of ether oxygens (including phenoxy) is 3. The Balaban J connectivity index is 1.33. The quantitative estimate of drug-likeness (QED) is 0.120. The molecule has 0 spiro atoms. The van der Waals surface area contributed by atoms with E-state index in [1.807, 2.05) is 72.8 Å². The molecule has 250 valence electrons. The smallest absolute Gasteiger partial charge is 0.338 e. The molecule has 1 fully saturated rings. The van der Waals surface area contributed by atoms with Crippen molar-refractivity contribution in [2.75, 3.05) is 5.75 Å². The lowest BCUT2D eigenvalue weighted by Crippen LogP contribution is -2.38. The number of thioether (sulfide) groups is 1. The van der Waals surface area contributed by atoms with Gasteiger partial charge in [0.05, 0.1) is 24.4 Å². The summed E-state index contributed by atoms with van der Waals surface area (Å²) in [4.78, 5) is 39.5. The van der Waals surface area contributed by atoms with E-state index in [0.29, 0.717) is 10.8 Å². The second kappa shape index (κ2) is 16.0. The molecule has 10 nitrogen and oxygen atoms in total. The summed E-state index contributed by atoms with van der Waals surface area (Å²) in [6.45, 7) is 5.08. The number of carboxylic acid groups (broad SMARTS) is 1. The molecular formula is C37H38N2O8S. The maximum absolute atomic E-state index is 12.3. The molecule has 1 aromatic heterocycles. The van der Waals surface area contributed by atoms with Gasteiger partial charge in [0.15, 0.2) is 12.4 Å². The van der Waals surface area contributed by atoms with E-state index in [2.05, 4.69) is 17.2 Å². The van der Waals surface area contributed by atoms with Crippen molar-refractivity contribution in [1.82, 2.24) is 10.3 Å². The van der Waals surface area contributed by atoms with Gasteiger partial charge >= 0.3 is 11.9 Å². The number of pyridine rings is 1. The summed E-state index contributed by atoms with van der Waals surface area (Å²) in [6, 6.07) is 26.5. The normalized spacial score (nSPS) is 19.7. The number of hydrogen-bond donors (Lipinski definition) is 3. The summed E-state index contributed by atoms with van der Waals surface area (Å²) in [5.74, 6) is -1.53. The Kier molecular flexibility index (Phi) is 11.6. The Morgan fingerprint density at radius 1 is 0.938 bits per heavy atom. The Morgan fingerprint density at radius 3 is 2.35 bits per heavy atom. The number of amides is 1. The fourth-order valence-electron chi connectivity index (χ4n) is 5.47. The molecule has 0 unspecified atom stereocenters. The summed E-state index contributed by atoms with van der Waals surface area (Å²) in [6.07, 6.45) is -0.598. The highest BCUT2D eigenvalue weighted by Gasteiger charge is 2.38. The molecule has 1 saturated heterocycles. The number of aromatic carboxylic acids is 1. The van der Waals surface area contributed by atoms with E-state index in [0.717, 1.165) is 33.4 Å². The van der Waals surface area contributed by atoms with Crippen LogP contribution in [0.3, 0.4) is 0 Å². The van der Waals surface area contributed by atoms with Gasteiger partial charge in [-0.1, -0.05) is 73.7 Å². The van der Waals surface area contributed by atoms with Crippen molar-refractivity contribution < 1.29 is 38.8 Å². The number of hydrogen-bond acceptors (Lipinski definition) is 9. The van der Waals surface area contributed by atoms with Gasteiger partial charge in [-0.25, -0.2) is 9.78 Å². The second-order valence-corrected chi connectivity index (χ2v) is 12.6. The van der Waals surface area contributed by atoms with E-state index in [9.17, 15) is 24.6 Å². The van der Waals surface area contributed by atoms with Crippen molar-refractivity contribution in [3.8, 4) is 11.1 Å². The van der Waals surface area contributed by atoms with E-state index < -0.39 is 24.3 Å². The zero-order valence-electron chi connectivity index (χ0n) is 26.9. The number of nitrogens with one attached hydrogen (secondary N) is 1. The molecular weight excluding hydrogens is 632 g/mol. The average molecular weight is 671 g/mol. The molecule has 3 aromatic carbocycles. The van der Waals surface area contributed by atoms with Crippen LogP contribution in [-0.4, -0.2) is 51.0 Å². The maximum atomic E-state index is 12.3. The standard InChI is InChI=1S/C37H38N2O8S/c1-22-32(21-48-35-31(36(43)44)8-5-17-38-35)46-37(47-33(22)28-11-9-25(20-40)10-12-28)29-15-13-27(14-16-29)30-7-4-6-26(18-30)19-39-34(42)23(2)45-24(3)41/h4-18,22-23,32-33,37,40H,19-21H2,1-3H3,(H,39,42)(H,43,44)/t22-,23-,32+,33+,37+/m0/s1. The zero-order chi connectivity index (χ0) is 34.2. The molecule has 5 atom stereocenters. The first-order valence-corrected chi connectivity index (χ1v) is 16.6. The number of esters is 1. The Hall–Kier alpha value is -4.55. The van der Waals surface area contributed by atoms with Crippen LogP contribution in [0.25, 0.3) is 11.1 Å². The number of aliphatic hydroxyl groups excluding tert-OH is 1. The number of carbonyl (C=O) groups excluding carboxylic acids is 2. The molecule has 4 aromatic rings. The number of aromatic nitrogens is 1. The summed E-state index contributed by atoms with van der Waals surface area (Å²) in [5, 5.41) is 22.4. The fraction of sp³-hybridized carbons (Fsp3) is 0.297. The molecule has 48 heavy (non-hydrogen) atoms. The predicted octanol–water partition coefficient (Wildman–Crippen LogP) is 6.09. The van der Waals surface area contributed by atoms with Crippen molar-refractivity contribution in [1.29, 1.82) is 0 Å². The van der Waals surface area contributed by atoms with Crippen LogP contribution in [0.1, 0.15) is 65.8 Å². The van der Waals surface area contributed by atoms with Crippen molar-refractivity contribution >= 4 is 29.6 Å². The van der Waals surface area contributed by atoms with Crippen LogP contribution >= 0.6 is 11.8 Å². The van der Waals surface area contributed by atoms with Crippen molar-refractivity contribution in [2.45, 2.75) is 63.6 Å². The third-order valence-electron chi connectivity index (χ3n) is 8.13. The van der Waals surface area contributed by atoms with Crippen LogP contribution in [0.5, 0.6) is 0 Å². The highest BCUT2D eigenvalue weighted by molar-refractivity contribution is 7.99. The lowest BCUT2D eigenvalue weighted by molar-refractivity contribution is -0.268. The van der Waals surface area contributed by atoms with Gasteiger partial charge in [-0.15, -0.1) is 11.8 Å². The second-order valence-electron chi connectivity index (χ2n) is 11.6. The first kappa shape index (κ1) is 34.8. The lowest BCUT2D eigenvalue weighted by atomic mass is 9.91. The van der Waals surface area contributed by atoms with Crippen LogP contribution in [0, 0.1) is 5.92 Å². The van der Waals surface area contributed by atoms with Crippen molar-refractivity contribution in [2.24, 2.45) is 5.92 Å². The molecule has 0 aliphatic carbocycles. The van der Waals surface area contributed by atoms with Crippen molar-refractivity contribution in [3.05, 3.63) is 119 Å². The van der Waals surface area contributed by atoms with Gasteiger partial charge in [0.1, 0.15) is 5.03 Å². The predicted molar refractivity (Wildman–Crippen MR) is 180 cm³/mol. The molecule has 5 rings (SSSR count). The van der Waals surface area contributed by atoms with Gasteiger partial charge in [0, 0.05) is 36.9 Å². The molecule has 1 aliphatic heterocycles. The van der Waals surface area contributed by atoms with Gasteiger partial charge in [-0.2, -0.15) is 0 Å². The van der Waals surface area contributed by atoms with Gasteiger partial charge in [-0.3, -0.25) is 9.59 Å². The Labute approximate surface area is 283 Å². The number of aliphatic hydroxyl groups is 1. The monoisotopic (exact) mass is 670 g/mol. The molecule has 2 heterocycles. The Morgan fingerprint density at radius 2 is 1.67 bits per heavy atom. The molecule has 1 aliphatic rings. The van der Waals surface area contributed by atoms with Crippen LogP contribution < -0.4 is 5.32 Å². The minimum atomic E-state index is -1.03. The topological polar surface area (TPSA) is 144 Å². The SMILES string of the molecule is CC(=O)O[C@@H](C)C(=O)NCc1cccc(-c2ccc([C@@H]3O[C@H](CSc4ncccc4C(=O)O)[C@H](C)[C@H](c4ccc(CO)cc4)O3)cc2)c1. The largest absolute Gasteiger partial charge is 0.478 e. The molecule has 0 bridgehead atoms. The van der Waals surface area contributed by atoms with Gasteiger partial charge < -0.3 is 29.7 Å². The molecule has 11 heteroatoms. The highest BCUT2D eigenvalue weighted by atomic mass is 32.2. The summed E-state index contributed by atoms with van der Waals surface area (Å²) in [5.41, 5.74) is 5.54. The first-order chi connectivity index (χ1) is 23.1. The summed E-state index contributed by atoms with van der Waals surface area (Å²) < 4.78 is 18.1. The molecule has 3 N–H and O–H groups in total. The average Bonchev–Trinajstić information content (AvgIpc) is 3.10. The van der Waals surface area contributed by atoms with Gasteiger partial charge in [0.2, 0.25) is 0 Å². The number of rotatable bonds is 12. The number of benzene rings is 3. The van der Waals surface area contributed by atoms with Crippen LogP contribution in [0.15, 0.2) is 96.2 Å². The van der Waals surface area contributed by atoms with Crippen molar-refractivity contribution in [3.63, 3.8) is 0 Å². The van der Waals surface area contributed by atoms with Gasteiger partial charge in [0.25, 0.3) is 5.91 Å². The third kappa shape index (κ3) is 8.67. The summed E-state index contributed by atoms with van der Waals surface area (Å²) in [7, 11) is 0. The van der Waals surface area contributed by atoms with E-state index in [4.69, 9.17) is 14.2 Å². The number of nitrogens with zero attached hydrogens (tertiary/aromatic N) is 1. The Bertz CT molecular complexity index is 1730. The number of carboxylic acids is 1. The summed E-state index contributed by atoms with van der Waals surface area (Å²) >= 11 is 1.34. The lowest BCUT2D eigenvalue weighted by Gasteiger charge is -2.41. The van der Waals surface area contributed by atoms with E-state index in [-0.39, 0.29) is 42.7 Å².